The number of fused-ring (bicyclic) bond motifs is 1. The second-order valence-electron chi connectivity index (χ2n) is 6.07. The van der Waals surface area contributed by atoms with Gasteiger partial charge in [0.05, 0.1) is 17.2 Å². The van der Waals surface area contributed by atoms with Crippen molar-refractivity contribution < 1.29 is 9.47 Å². The van der Waals surface area contributed by atoms with E-state index in [2.05, 4.69) is 10.1 Å². The van der Waals surface area contributed by atoms with Gasteiger partial charge in [-0.25, -0.2) is 9.67 Å². The summed E-state index contributed by atoms with van der Waals surface area (Å²) in [7, 11) is 0. The van der Waals surface area contributed by atoms with E-state index in [-0.39, 0.29) is 12.2 Å². The van der Waals surface area contributed by atoms with Crippen LogP contribution in [0.15, 0.2) is 30.9 Å². The average Bonchev–Trinajstić information content (AvgIpc) is 3.14. The molecule has 1 aliphatic heterocycles. The van der Waals surface area contributed by atoms with Crippen molar-refractivity contribution >= 4 is 23.2 Å². The lowest BCUT2D eigenvalue weighted by molar-refractivity contribution is -0.195. The molecule has 0 amide bonds. The van der Waals surface area contributed by atoms with E-state index in [0.717, 1.165) is 31.2 Å². The van der Waals surface area contributed by atoms with E-state index in [4.69, 9.17) is 32.7 Å². The highest BCUT2D eigenvalue weighted by Gasteiger charge is 2.50. The second kappa shape index (κ2) is 6.06. The van der Waals surface area contributed by atoms with Gasteiger partial charge >= 0.3 is 0 Å². The molecule has 1 saturated heterocycles. The van der Waals surface area contributed by atoms with Crippen molar-refractivity contribution in [3.8, 4) is 0 Å². The lowest BCUT2D eigenvalue weighted by atomic mass is 9.95. The van der Waals surface area contributed by atoms with Crippen LogP contribution < -0.4 is 0 Å². The lowest BCUT2D eigenvalue weighted by Crippen LogP contribution is -2.34. The number of halogens is 2. The van der Waals surface area contributed by atoms with Crippen molar-refractivity contribution in [2.45, 2.75) is 50.2 Å². The molecular weight excluding hydrogens is 337 g/mol. The number of aromatic nitrogens is 3. The molecule has 1 unspecified atom stereocenters. The Labute approximate surface area is 144 Å². The summed E-state index contributed by atoms with van der Waals surface area (Å²) < 4.78 is 14.5. The summed E-state index contributed by atoms with van der Waals surface area (Å²) in [6.45, 7) is 0.404. The van der Waals surface area contributed by atoms with E-state index in [1.54, 1.807) is 23.1 Å². The maximum Gasteiger partial charge on any atom is 0.217 e. The first-order valence-corrected chi connectivity index (χ1v) is 8.55. The van der Waals surface area contributed by atoms with Gasteiger partial charge in [-0.2, -0.15) is 5.10 Å². The minimum atomic E-state index is -0.949. The number of nitrogens with zero attached hydrogens (tertiary/aromatic N) is 3. The van der Waals surface area contributed by atoms with Gasteiger partial charge in [0.15, 0.2) is 0 Å². The third-order valence-electron chi connectivity index (χ3n) is 4.50. The van der Waals surface area contributed by atoms with Crippen molar-refractivity contribution in [3.63, 3.8) is 0 Å². The molecule has 4 rings (SSSR count). The Morgan fingerprint density at radius 1 is 1.17 bits per heavy atom. The second-order valence-corrected chi connectivity index (χ2v) is 6.91. The topological polar surface area (TPSA) is 49.2 Å². The highest BCUT2D eigenvalue weighted by molar-refractivity contribution is 6.35. The van der Waals surface area contributed by atoms with Gasteiger partial charge in [-0.3, -0.25) is 0 Å². The molecule has 5 nitrogen and oxygen atoms in total. The molecule has 1 saturated carbocycles. The van der Waals surface area contributed by atoms with Gasteiger partial charge in [0.2, 0.25) is 5.79 Å². The lowest BCUT2D eigenvalue weighted by Gasteiger charge is -2.29. The van der Waals surface area contributed by atoms with Gasteiger partial charge in [-0.05, 0) is 25.0 Å². The third-order valence-corrected chi connectivity index (χ3v) is 5.05. The molecule has 23 heavy (non-hydrogen) atoms. The maximum absolute atomic E-state index is 6.45. The van der Waals surface area contributed by atoms with Crippen molar-refractivity contribution in [2.24, 2.45) is 0 Å². The van der Waals surface area contributed by atoms with Crippen molar-refractivity contribution in [2.75, 3.05) is 0 Å². The fraction of sp³-hybridized carbons (Fsp3) is 0.500. The summed E-state index contributed by atoms with van der Waals surface area (Å²) in [5, 5.41) is 5.32. The van der Waals surface area contributed by atoms with Crippen molar-refractivity contribution in [3.05, 3.63) is 46.5 Å². The molecule has 0 spiro atoms. The molecule has 1 aromatic carbocycles. The summed E-state index contributed by atoms with van der Waals surface area (Å²) in [5.41, 5.74) is 0.786. The Kier molecular flexibility index (Phi) is 4.05. The highest BCUT2D eigenvalue weighted by Crippen LogP contribution is 2.46. The van der Waals surface area contributed by atoms with Gasteiger partial charge in [-0.1, -0.05) is 42.1 Å². The van der Waals surface area contributed by atoms with Crippen LogP contribution in [-0.4, -0.2) is 27.0 Å². The summed E-state index contributed by atoms with van der Waals surface area (Å²) in [4.78, 5) is 4.00. The molecule has 0 bridgehead atoms. The Morgan fingerprint density at radius 3 is 2.52 bits per heavy atom. The Morgan fingerprint density at radius 2 is 1.91 bits per heavy atom. The highest BCUT2D eigenvalue weighted by atomic mass is 35.5. The summed E-state index contributed by atoms with van der Waals surface area (Å²) in [6, 6.07) is 5.40. The molecule has 2 fully saturated rings. The van der Waals surface area contributed by atoms with Gasteiger partial charge < -0.3 is 9.47 Å². The maximum atomic E-state index is 6.45. The van der Waals surface area contributed by atoms with Crippen LogP contribution in [0.5, 0.6) is 0 Å². The Hall–Kier alpha value is -1.14. The van der Waals surface area contributed by atoms with E-state index >= 15 is 0 Å². The van der Waals surface area contributed by atoms with Crippen LogP contribution in [0.4, 0.5) is 0 Å². The van der Waals surface area contributed by atoms with Crippen LogP contribution in [0.25, 0.3) is 0 Å². The van der Waals surface area contributed by atoms with E-state index in [1.807, 2.05) is 6.07 Å². The predicted molar refractivity (Wildman–Crippen MR) is 86.4 cm³/mol. The van der Waals surface area contributed by atoms with E-state index in [0.29, 0.717) is 16.6 Å². The zero-order chi connectivity index (χ0) is 15.9. The molecule has 0 radical (unpaired) electrons. The minimum absolute atomic E-state index is 0.0963. The van der Waals surface area contributed by atoms with Crippen molar-refractivity contribution in [1.29, 1.82) is 0 Å². The van der Waals surface area contributed by atoms with Crippen molar-refractivity contribution in [1.82, 2.24) is 14.8 Å². The molecule has 2 aromatic rings. The number of rotatable bonds is 3. The summed E-state index contributed by atoms with van der Waals surface area (Å²) >= 11 is 12.5. The monoisotopic (exact) mass is 353 g/mol. The average molecular weight is 354 g/mol. The van der Waals surface area contributed by atoms with Crippen LogP contribution in [0.3, 0.4) is 0 Å². The Bertz CT molecular complexity index is 679. The molecule has 0 N–H and O–H groups in total. The third kappa shape index (κ3) is 2.87. The first kappa shape index (κ1) is 15.4. The van der Waals surface area contributed by atoms with Gasteiger partial charge in [0, 0.05) is 10.6 Å². The van der Waals surface area contributed by atoms with Crippen LogP contribution in [0, 0.1) is 0 Å². The van der Waals surface area contributed by atoms with Gasteiger partial charge in [0.25, 0.3) is 0 Å². The first-order chi connectivity index (χ1) is 11.2. The van der Waals surface area contributed by atoms with Crippen LogP contribution in [-0.2, 0) is 21.8 Å². The molecular formula is C16H17Cl2N3O2. The molecule has 7 heteroatoms. The number of hydrogen-bond acceptors (Lipinski definition) is 4. The Balaban J connectivity index is 1.74. The quantitative estimate of drug-likeness (QED) is 0.841. The van der Waals surface area contributed by atoms with Gasteiger partial charge in [-0.15, -0.1) is 0 Å². The molecule has 122 valence electrons. The summed E-state index contributed by atoms with van der Waals surface area (Å²) in [5.74, 6) is -0.949. The molecule has 1 aliphatic carbocycles. The van der Waals surface area contributed by atoms with E-state index < -0.39 is 5.79 Å². The standard InChI is InChI=1S/C16H17Cl2N3O2/c17-11-5-6-12(13(18)7-11)16(8-21-10-19-9-20-21)22-14-3-1-2-4-15(14)23-16/h5-7,9-10,14-15H,1-4,8H2/t14-,15+,16?. The molecule has 2 aliphatic rings. The fourth-order valence-electron chi connectivity index (χ4n) is 3.46. The number of benzene rings is 1. The SMILES string of the molecule is Clc1ccc(C2(Cn3cncn3)O[C@H]3CCCC[C@H]3O2)c(Cl)c1. The van der Waals surface area contributed by atoms with E-state index in [9.17, 15) is 0 Å². The van der Waals surface area contributed by atoms with Crippen LogP contribution in [0.2, 0.25) is 10.0 Å². The van der Waals surface area contributed by atoms with Crippen LogP contribution in [0.1, 0.15) is 31.2 Å². The van der Waals surface area contributed by atoms with Crippen LogP contribution >= 0.6 is 23.2 Å². The smallest absolute Gasteiger partial charge is 0.217 e. The first-order valence-electron chi connectivity index (χ1n) is 7.80. The predicted octanol–water partition coefficient (Wildman–Crippen LogP) is 3.80. The zero-order valence-electron chi connectivity index (χ0n) is 12.5. The number of hydrogen-bond donors (Lipinski definition) is 0. The molecule has 1 aromatic heterocycles. The fourth-order valence-corrected chi connectivity index (χ4v) is 4.01. The molecule has 2 heterocycles. The minimum Gasteiger partial charge on any atom is -0.338 e. The largest absolute Gasteiger partial charge is 0.338 e. The normalized spacial score (nSPS) is 30.3. The molecule has 3 atom stereocenters. The van der Waals surface area contributed by atoms with Gasteiger partial charge in [0.1, 0.15) is 19.2 Å². The van der Waals surface area contributed by atoms with E-state index in [1.165, 1.54) is 6.33 Å². The summed E-state index contributed by atoms with van der Waals surface area (Å²) in [6.07, 6.45) is 7.69. The zero-order valence-corrected chi connectivity index (χ0v) is 14.0. The number of ether oxygens (including phenoxy) is 2.